The van der Waals surface area contributed by atoms with E-state index in [9.17, 15) is 0 Å². The molecule has 0 saturated carbocycles. The van der Waals surface area contributed by atoms with Crippen LogP contribution in [0.1, 0.15) is 12.8 Å². The van der Waals surface area contributed by atoms with Gasteiger partial charge < -0.3 is 9.80 Å². The molecule has 2 nitrogen and oxygen atoms in total. The van der Waals surface area contributed by atoms with Crippen LogP contribution >= 0.6 is 11.6 Å². The standard InChI is InChI=1S/C10H21ClN2/c1-12(2)10(7-11)9-5-4-6-13(3)8-9/h9-10H,4-8H2,1-3H3. The van der Waals surface area contributed by atoms with Crippen molar-refractivity contribution < 1.29 is 0 Å². The minimum atomic E-state index is 0.546. The Morgan fingerprint density at radius 1 is 1.54 bits per heavy atom. The van der Waals surface area contributed by atoms with Crippen molar-refractivity contribution in [3.63, 3.8) is 0 Å². The Hall–Kier alpha value is 0.210. The lowest BCUT2D eigenvalue weighted by molar-refractivity contribution is 0.133. The second-order valence-corrected chi connectivity index (χ2v) is 4.66. The number of likely N-dealkylation sites (tertiary alicyclic amines) is 1. The highest BCUT2D eigenvalue weighted by atomic mass is 35.5. The van der Waals surface area contributed by atoms with Crippen LogP contribution in [0.4, 0.5) is 0 Å². The molecule has 13 heavy (non-hydrogen) atoms. The molecule has 1 aliphatic rings. The van der Waals surface area contributed by atoms with E-state index in [0.717, 1.165) is 11.8 Å². The van der Waals surface area contributed by atoms with Crippen molar-refractivity contribution in [1.82, 2.24) is 9.80 Å². The maximum Gasteiger partial charge on any atom is 0.0382 e. The largest absolute Gasteiger partial charge is 0.306 e. The van der Waals surface area contributed by atoms with Gasteiger partial charge in [0, 0.05) is 18.5 Å². The molecule has 0 aromatic carbocycles. The van der Waals surface area contributed by atoms with Gasteiger partial charge >= 0.3 is 0 Å². The number of hydrogen-bond acceptors (Lipinski definition) is 2. The van der Waals surface area contributed by atoms with Gasteiger partial charge in [-0.2, -0.15) is 0 Å². The average molecular weight is 205 g/mol. The molecule has 0 spiro atoms. The Morgan fingerprint density at radius 2 is 2.23 bits per heavy atom. The summed E-state index contributed by atoms with van der Waals surface area (Å²) >= 11 is 5.98. The van der Waals surface area contributed by atoms with Crippen molar-refractivity contribution in [2.75, 3.05) is 40.1 Å². The van der Waals surface area contributed by atoms with Crippen LogP contribution in [0.25, 0.3) is 0 Å². The zero-order valence-corrected chi connectivity index (χ0v) is 9.72. The molecule has 1 saturated heterocycles. The third-order valence-electron chi connectivity index (χ3n) is 3.03. The number of alkyl halides is 1. The van der Waals surface area contributed by atoms with Gasteiger partial charge in [0.2, 0.25) is 0 Å². The Balaban J connectivity index is 2.47. The quantitative estimate of drug-likeness (QED) is 0.643. The van der Waals surface area contributed by atoms with Crippen LogP contribution in [0, 0.1) is 5.92 Å². The third kappa shape index (κ3) is 3.12. The monoisotopic (exact) mass is 204 g/mol. The first-order chi connectivity index (χ1) is 6.15. The summed E-state index contributed by atoms with van der Waals surface area (Å²) in [4.78, 5) is 4.67. The van der Waals surface area contributed by atoms with Crippen LogP contribution in [-0.4, -0.2) is 56.0 Å². The Labute approximate surface area is 86.8 Å². The molecule has 78 valence electrons. The van der Waals surface area contributed by atoms with E-state index in [-0.39, 0.29) is 0 Å². The summed E-state index contributed by atoms with van der Waals surface area (Å²) < 4.78 is 0. The number of rotatable bonds is 3. The lowest BCUT2D eigenvalue weighted by Crippen LogP contribution is -2.45. The van der Waals surface area contributed by atoms with Crippen LogP contribution < -0.4 is 0 Å². The molecule has 1 fully saturated rings. The van der Waals surface area contributed by atoms with Gasteiger partial charge in [0.25, 0.3) is 0 Å². The molecular formula is C10H21ClN2. The fourth-order valence-electron chi connectivity index (χ4n) is 2.21. The van der Waals surface area contributed by atoms with Gasteiger partial charge in [-0.25, -0.2) is 0 Å². The second kappa shape index (κ2) is 5.18. The summed E-state index contributed by atoms with van der Waals surface area (Å²) in [7, 11) is 6.45. The van der Waals surface area contributed by atoms with Gasteiger partial charge in [-0.15, -0.1) is 11.6 Å². The maximum absolute atomic E-state index is 5.98. The van der Waals surface area contributed by atoms with E-state index in [4.69, 9.17) is 11.6 Å². The molecule has 3 heteroatoms. The number of halogens is 1. The highest BCUT2D eigenvalue weighted by Crippen LogP contribution is 2.21. The SMILES string of the molecule is CN1CCCC(C(CCl)N(C)C)C1. The summed E-state index contributed by atoms with van der Waals surface area (Å²) in [5, 5.41) is 0. The van der Waals surface area contributed by atoms with Gasteiger partial charge in [0.1, 0.15) is 0 Å². The summed E-state index contributed by atoms with van der Waals surface area (Å²) in [6, 6.07) is 0.546. The predicted octanol–water partition coefficient (Wildman–Crippen LogP) is 1.50. The number of hydrogen-bond donors (Lipinski definition) is 0. The molecule has 0 amide bonds. The van der Waals surface area contributed by atoms with Gasteiger partial charge in [-0.05, 0) is 46.4 Å². The smallest absolute Gasteiger partial charge is 0.0382 e. The highest BCUT2D eigenvalue weighted by Gasteiger charge is 2.26. The Bertz CT molecular complexity index is 150. The highest BCUT2D eigenvalue weighted by molar-refractivity contribution is 6.18. The third-order valence-corrected chi connectivity index (χ3v) is 3.34. The Kier molecular flexibility index (Phi) is 4.50. The molecule has 0 radical (unpaired) electrons. The van der Waals surface area contributed by atoms with Crippen LogP contribution in [0.2, 0.25) is 0 Å². The van der Waals surface area contributed by atoms with Crippen molar-refractivity contribution in [2.24, 2.45) is 5.92 Å². The van der Waals surface area contributed by atoms with Crippen LogP contribution in [0.3, 0.4) is 0 Å². The molecule has 2 atom stereocenters. The van der Waals surface area contributed by atoms with E-state index in [1.165, 1.54) is 25.9 Å². The summed E-state index contributed by atoms with van der Waals surface area (Å²) in [6.45, 7) is 2.45. The number of nitrogens with zero attached hydrogens (tertiary/aromatic N) is 2. The predicted molar refractivity (Wildman–Crippen MR) is 58.4 cm³/mol. The maximum atomic E-state index is 5.98. The van der Waals surface area contributed by atoms with Crippen molar-refractivity contribution >= 4 is 11.6 Å². The van der Waals surface area contributed by atoms with Gasteiger partial charge in [-0.1, -0.05) is 0 Å². The van der Waals surface area contributed by atoms with E-state index in [1.807, 2.05) is 0 Å². The molecule has 1 heterocycles. The van der Waals surface area contributed by atoms with Crippen LogP contribution in [-0.2, 0) is 0 Å². The van der Waals surface area contributed by atoms with E-state index in [1.54, 1.807) is 0 Å². The lowest BCUT2D eigenvalue weighted by Gasteiger charge is -2.37. The first-order valence-corrected chi connectivity index (χ1v) is 5.59. The van der Waals surface area contributed by atoms with Crippen LogP contribution in [0.5, 0.6) is 0 Å². The van der Waals surface area contributed by atoms with Gasteiger partial charge in [-0.3, -0.25) is 0 Å². The molecule has 0 bridgehead atoms. The normalized spacial score (nSPS) is 27.9. The fourth-order valence-corrected chi connectivity index (χ4v) is 2.73. The minimum Gasteiger partial charge on any atom is -0.306 e. The fraction of sp³-hybridized carbons (Fsp3) is 1.00. The van der Waals surface area contributed by atoms with E-state index in [0.29, 0.717) is 6.04 Å². The van der Waals surface area contributed by atoms with E-state index in [2.05, 4.69) is 30.9 Å². The molecule has 2 unspecified atom stereocenters. The van der Waals surface area contributed by atoms with E-state index < -0.39 is 0 Å². The Morgan fingerprint density at radius 3 is 2.69 bits per heavy atom. The molecule has 0 aromatic heterocycles. The van der Waals surface area contributed by atoms with Crippen molar-refractivity contribution in [3.8, 4) is 0 Å². The van der Waals surface area contributed by atoms with Crippen molar-refractivity contribution in [3.05, 3.63) is 0 Å². The van der Waals surface area contributed by atoms with Gasteiger partial charge in [0.05, 0.1) is 0 Å². The molecular weight excluding hydrogens is 184 g/mol. The van der Waals surface area contributed by atoms with E-state index >= 15 is 0 Å². The zero-order valence-electron chi connectivity index (χ0n) is 8.96. The molecule has 1 rings (SSSR count). The zero-order chi connectivity index (χ0) is 9.84. The molecule has 0 aromatic rings. The summed E-state index contributed by atoms with van der Waals surface area (Å²) in [5.74, 6) is 1.51. The van der Waals surface area contributed by atoms with Gasteiger partial charge in [0.15, 0.2) is 0 Å². The van der Waals surface area contributed by atoms with Crippen molar-refractivity contribution in [2.45, 2.75) is 18.9 Å². The number of piperidine rings is 1. The summed E-state index contributed by atoms with van der Waals surface area (Å²) in [6.07, 6.45) is 2.66. The second-order valence-electron chi connectivity index (χ2n) is 4.35. The molecule has 0 aliphatic carbocycles. The topological polar surface area (TPSA) is 6.48 Å². The molecule has 1 aliphatic heterocycles. The first-order valence-electron chi connectivity index (χ1n) is 5.06. The minimum absolute atomic E-state index is 0.546. The lowest BCUT2D eigenvalue weighted by atomic mass is 9.91. The van der Waals surface area contributed by atoms with Crippen molar-refractivity contribution in [1.29, 1.82) is 0 Å². The van der Waals surface area contributed by atoms with Crippen LogP contribution in [0.15, 0.2) is 0 Å². The average Bonchev–Trinajstić information content (AvgIpc) is 2.04. The molecule has 0 N–H and O–H groups in total. The first kappa shape index (κ1) is 11.3. The summed E-state index contributed by atoms with van der Waals surface area (Å²) in [5.41, 5.74) is 0.